The van der Waals surface area contributed by atoms with Crippen molar-refractivity contribution >= 4 is 11.9 Å². The Bertz CT molecular complexity index is 571. The Morgan fingerprint density at radius 1 is 1.22 bits per heavy atom. The molecule has 4 nitrogen and oxygen atoms in total. The topological polar surface area (TPSA) is 55.4 Å². The lowest BCUT2D eigenvalue weighted by Gasteiger charge is -2.33. The van der Waals surface area contributed by atoms with Crippen molar-refractivity contribution in [2.45, 2.75) is 59.9 Å². The number of carbonyl (C=O) groups excluding carboxylic acids is 2. The summed E-state index contributed by atoms with van der Waals surface area (Å²) in [5.74, 6) is -0.579. The van der Waals surface area contributed by atoms with Crippen LogP contribution in [0.1, 0.15) is 49.4 Å². The summed E-state index contributed by atoms with van der Waals surface area (Å²) in [6.45, 7) is 11.7. The van der Waals surface area contributed by atoms with Crippen LogP contribution in [0.2, 0.25) is 0 Å². The van der Waals surface area contributed by atoms with Gasteiger partial charge in [0.15, 0.2) is 0 Å². The molecule has 0 bridgehead atoms. The molecular formula is C19H29NO3. The Morgan fingerprint density at radius 3 is 2.17 bits per heavy atom. The van der Waals surface area contributed by atoms with Crippen LogP contribution in [0.15, 0.2) is 12.1 Å². The number of aryl methyl sites for hydroxylation is 3. The lowest BCUT2D eigenvalue weighted by molar-refractivity contribution is -0.152. The van der Waals surface area contributed by atoms with E-state index in [0.717, 1.165) is 23.1 Å². The smallest absolute Gasteiger partial charge is 0.331 e. The summed E-state index contributed by atoms with van der Waals surface area (Å²) in [6.07, 6.45) is 1.04. The van der Waals surface area contributed by atoms with E-state index in [4.69, 9.17) is 4.74 Å². The number of esters is 1. The molecule has 0 aliphatic heterocycles. The minimum absolute atomic E-state index is 0.0147. The summed E-state index contributed by atoms with van der Waals surface area (Å²) in [4.78, 5) is 24.7. The van der Waals surface area contributed by atoms with Crippen molar-refractivity contribution in [3.05, 3.63) is 34.4 Å². The van der Waals surface area contributed by atoms with E-state index in [1.165, 1.54) is 12.7 Å². The molecule has 0 aliphatic rings. The minimum atomic E-state index is -1.01. The van der Waals surface area contributed by atoms with Crippen molar-refractivity contribution in [2.24, 2.45) is 5.92 Å². The summed E-state index contributed by atoms with van der Waals surface area (Å²) in [5.41, 5.74) is 3.39. The molecule has 23 heavy (non-hydrogen) atoms. The molecule has 0 fully saturated rings. The van der Waals surface area contributed by atoms with E-state index < -0.39 is 11.5 Å². The quantitative estimate of drug-likeness (QED) is 0.819. The molecule has 0 aromatic heterocycles. The van der Waals surface area contributed by atoms with Gasteiger partial charge >= 0.3 is 5.97 Å². The largest absolute Gasteiger partial charge is 0.467 e. The molecule has 0 saturated carbocycles. The second-order valence-electron chi connectivity index (χ2n) is 6.61. The number of hydrogen-bond acceptors (Lipinski definition) is 3. The molecule has 0 spiro atoms. The molecule has 4 heteroatoms. The van der Waals surface area contributed by atoms with Gasteiger partial charge in [-0.1, -0.05) is 38.0 Å². The highest BCUT2D eigenvalue weighted by atomic mass is 16.5. The first-order valence-electron chi connectivity index (χ1n) is 8.11. The average molecular weight is 319 g/mol. The highest BCUT2D eigenvalue weighted by Crippen LogP contribution is 2.23. The Labute approximate surface area is 139 Å². The monoisotopic (exact) mass is 319 g/mol. The number of hydrogen-bond donors (Lipinski definition) is 1. The van der Waals surface area contributed by atoms with E-state index in [2.05, 4.69) is 17.4 Å². The third-order valence-corrected chi connectivity index (χ3v) is 4.78. The van der Waals surface area contributed by atoms with Crippen LogP contribution in [0.5, 0.6) is 0 Å². The van der Waals surface area contributed by atoms with Crippen molar-refractivity contribution in [1.82, 2.24) is 5.32 Å². The van der Waals surface area contributed by atoms with Gasteiger partial charge in [0, 0.05) is 0 Å². The first-order valence-corrected chi connectivity index (χ1v) is 8.11. The highest BCUT2D eigenvalue weighted by Gasteiger charge is 2.40. The SMILES string of the molecule is CCC(C)C(C)(NC(=O)Cc1c(C)cc(C)cc1C)C(=O)OC. The normalized spacial score (nSPS) is 14.7. The van der Waals surface area contributed by atoms with E-state index >= 15 is 0 Å². The predicted octanol–water partition coefficient (Wildman–Crippen LogP) is 3.25. The number of carbonyl (C=O) groups is 2. The fourth-order valence-electron chi connectivity index (χ4n) is 2.98. The van der Waals surface area contributed by atoms with E-state index in [-0.39, 0.29) is 18.2 Å². The standard InChI is InChI=1S/C19H29NO3/c1-8-15(5)19(6,18(22)23-7)20-17(21)11-16-13(3)9-12(2)10-14(16)4/h9-10,15H,8,11H2,1-7H3,(H,20,21). The zero-order valence-electron chi connectivity index (χ0n) is 15.4. The molecule has 1 N–H and O–H groups in total. The van der Waals surface area contributed by atoms with Crippen molar-refractivity contribution in [3.8, 4) is 0 Å². The summed E-state index contributed by atoms with van der Waals surface area (Å²) >= 11 is 0. The molecule has 1 rings (SSSR count). The van der Waals surface area contributed by atoms with Crippen LogP contribution in [0.25, 0.3) is 0 Å². The van der Waals surface area contributed by atoms with Gasteiger partial charge in [-0.3, -0.25) is 4.79 Å². The van der Waals surface area contributed by atoms with Crippen molar-refractivity contribution in [1.29, 1.82) is 0 Å². The number of ether oxygens (including phenoxy) is 1. The van der Waals surface area contributed by atoms with Crippen molar-refractivity contribution < 1.29 is 14.3 Å². The zero-order valence-corrected chi connectivity index (χ0v) is 15.4. The van der Waals surface area contributed by atoms with Gasteiger partial charge in [-0.2, -0.15) is 0 Å². The van der Waals surface area contributed by atoms with Crippen LogP contribution in [-0.2, 0) is 20.7 Å². The number of benzene rings is 1. The van der Waals surface area contributed by atoms with Crippen molar-refractivity contribution in [3.63, 3.8) is 0 Å². The van der Waals surface area contributed by atoms with Crippen LogP contribution in [0.3, 0.4) is 0 Å². The molecule has 0 aliphatic carbocycles. The summed E-state index contributed by atoms with van der Waals surface area (Å²) < 4.78 is 4.90. The van der Waals surface area contributed by atoms with Gasteiger partial charge in [0.1, 0.15) is 5.54 Å². The van der Waals surface area contributed by atoms with E-state index in [1.807, 2.05) is 34.6 Å². The number of methoxy groups -OCH3 is 1. The van der Waals surface area contributed by atoms with Gasteiger partial charge in [0.25, 0.3) is 0 Å². The van der Waals surface area contributed by atoms with E-state index in [9.17, 15) is 9.59 Å². The number of nitrogens with one attached hydrogen (secondary N) is 1. The van der Waals surface area contributed by atoms with Gasteiger partial charge in [0.05, 0.1) is 13.5 Å². The maximum atomic E-state index is 12.5. The Kier molecular flexibility index (Phi) is 6.37. The molecule has 1 aromatic rings. The molecule has 128 valence electrons. The van der Waals surface area contributed by atoms with Crippen LogP contribution >= 0.6 is 0 Å². The molecule has 0 heterocycles. The summed E-state index contributed by atoms with van der Waals surface area (Å²) in [6, 6.07) is 4.15. The van der Waals surface area contributed by atoms with Gasteiger partial charge < -0.3 is 10.1 Å². The van der Waals surface area contributed by atoms with Crippen LogP contribution < -0.4 is 5.32 Å². The van der Waals surface area contributed by atoms with Crippen LogP contribution in [0, 0.1) is 26.7 Å². The molecule has 0 radical (unpaired) electrons. The second kappa shape index (κ2) is 7.62. The molecule has 2 unspecified atom stereocenters. The van der Waals surface area contributed by atoms with E-state index in [0.29, 0.717) is 0 Å². The Hall–Kier alpha value is -1.84. The van der Waals surface area contributed by atoms with E-state index in [1.54, 1.807) is 6.92 Å². The Morgan fingerprint density at radius 2 is 1.74 bits per heavy atom. The first-order chi connectivity index (χ1) is 10.7. The fourth-order valence-corrected chi connectivity index (χ4v) is 2.98. The van der Waals surface area contributed by atoms with Crippen LogP contribution in [-0.4, -0.2) is 24.5 Å². The molecule has 2 atom stereocenters. The molecule has 0 saturated heterocycles. The maximum Gasteiger partial charge on any atom is 0.331 e. The van der Waals surface area contributed by atoms with Crippen LogP contribution in [0.4, 0.5) is 0 Å². The minimum Gasteiger partial charge on any atom is -0.467 e. The lowest BCUT2D eigenvalue weighted by Crippen LogP contribution is -2.57. The number of amides is 1. The fraction of sp³-hybridized carbons (Fsp3) is 0.579. The second-order valence-corrected chi connectivity index (χ2v) is 6.61. The highest BCUT2D eigenvalue weighted by molar-refractivity contribution is 5.89. The molecule has 1 amide bonds. The first kappa shape index (κ1) is 19.2. The van der Waals surface area contributed by atoms with Crippen molar-refractivity contribution in [2.75, 3.05) is 7.11 Å². The summed E-state index contributed by atoms with van der Waals surface area (Å²) in [5, 5.41) is 2.90. The zero-order chi connectivity index (χ0) is 17.8. The third-order valence-electron chi connectivity index (χ3n) is 4.78. The van der Waals surface area contributed by atoms with Gasteiger partial charge in [-0.05, 0) is 50.3 Å². The average Bonchev–Trinajstić information content (AvgIpc) is 2.48. The maximum absolute atomic E-state index is 12.5. The Balaban J connectivity index is 3.00. The third kappa shape index (κ3) is 4.34. The van der Waals surface area contributed by atoms with Gasteiger partial charge in [-0.15, -0.1) is 0 Å². The molecule has 1 aromatic carbocycles. The number of rotatable bonds is 6. The summed E-state index contributed by atoms with van der Waals surface area (Å²) in [7, 11) is 1.35. The lowest BCUT2D eigenvalue weighted by atomic mass is 9.84. The van der Waals surface area contributed by atoms with Gasteiger partial charge in [0.2, 0.25) is 5.91 Å². The molecular weight excluding hydrogens is 290 g/mol. The predicted molar refractivity (Wildman–Crippen MR) is 92.4 cm³/mol. The van der Waals surface area contributed by atoms with Gasteiger partial charge in [-0.25, -0.2) is 4.79 Å².